The predicted molar refractivity (Wildman–Crippen MR) is 172 cm³/mol. The highest BCUT2D eigenvalue weighted by atomic mass is 19.4. The molecule has 0 spiro atoms. The van der Waals surface area contributed by atoms with Gasteiger partial charge in [0, 0.05) is 29.4 Å². The first-order valence-electron chi connectivity index (χ1n) is 15.3. The molecule has 1 amide bonds. The number of carboxylic acid groups (broad SMARTS) is 2. The van der Waals surface area contributed by atoms with E-state index >= 15 is 0 Å². The number of aromatic amines is 1. The number of H-pyrrole nitrogens is 1. The Morgan fingerprint density at radius 2 is 1.73 bits per heavy atom. The van der Waals surface area contributed by atoms with Crippen LogP contribution in [0.3, 0.4) is 0 Å². The number of benzene rings is 2. The molecule has 0 aliphatic carbocycles. The number of fused-ring (bicyclic) bond motifs is 1. The number of Topliss-reactive ketones (excluding diaryl/α,β-unsaturated/α-hetero) is 1. The van der Waals surface area contributed by atoms with Gasteiger partial charge in [0.25, 0.3) is 0 Å². The fourth-order valence-corrected chi connectivity index (χ4v) is 5.21. The number of carbonyl (C=O) groups is 4. The number of carbonyl (C=O) groups excluding carboxylic acids is 2. The molecule has 2 heterocycles. The van der Waals surface area contributed by atoms with E-state index in [0.29, 0.717) is 30.8 Å². The minimum Gasteiger partial charge on any atom is -0.497 e. The summed E-state index contributed by atoms with van der Waals surface area (Å²) in [6, 6.07) is 15.0. The second-order valence-electron chi connectivity index (χ2n) is 11.1. The van der Waals surface area contributed by atoms with Crippen molar-refractivity contribution in [3.63, 3.8) is 0 Å². The monoisotopic (exact) mass is 672 g/mol. The van der Waals surface area contributed by atoms with Crippen LogP contribution in [-0.2, 0) is 32.1 Å². The minimum absolute atomic E-state index is 0.0792. The summed E-state index contributed by atoms with van der Waals surface area (Å²) in [7, 11) is 1.57. The average molecular weight is 673 g/mol. The van der Waals surface area contributed by atoms with E-state index in [1.807, 2.05) is 56.3 Å². The van der Waals surface area contributed by atoms with Crippen LogP contribution in [0.15, 0.2) is 54.7 Å². The standard InChI is InChI=1S/C32H38N4O5.C2HF3O2/c1-4-23(37)13-9-6-10-14-27(32-33-19-28(35-32)22-11-7-5-8-12-22)34-30(38)18-25-21(2)36(20-31(39)40)29-16-15-24(41-3)17-26(25)29;3-2(4,5)1(6)7/h5,7-8,11-12,15-17,19,27H,4,6,9-10,13-14,18,20H2,1-3H3,(H,33,35)(H,34,38)(H,39,40);(H,6,7)/t27-;/m0./s1. The van der Waals surface area contributed by atoms with E-state index in [1.165, 1.54) is 0 Å². The highest BCUT2D eigenvalue weighted by Crippen LogP contribution is 2.30. The van der Waals surface area contributed by atoms with Crippen LogP contribution >= 0.6 is 0 Å². The zero-order valence-electron chi connectivity index (χ0n) is 26.9. The summed E-state index contributed by atoms with van der Waals surface area (Å²) < 4.78 is 38.9. The SMILES string of the molecule is CCC(=O)CCCCC[C@H](NC(=O)Cc1c(C)n(CC(=O)O)c2ccc(OC)cc12)c1ncc(-c2ccccc2)[nH]1.O=C(O)C(F)(F)F. The normalized spacial score (nSPS) is 11.8. The molecular weight excluding hydrogens is 633 g/mol. The highest BCUT2D eigenvalue weighted by molar-refractivity contribution is 5.92. The predicted octanol–water partition coefficient (Wildman–Crippen LogP) is 6.40. The molecule has 2 aromatic carbocycles. The van der Waals surface area contributed by atoms with Crippen LogP contribution in [0.25, 0.3) is 22.2 Å². The first-order chi connectivity index (χ1) is 22.7. The van der Waals surface area contributed by atoms with Gasteiger partial charge in [-0.25, -0.2) is 9.78 Å². The summed E-state index contributed by atoms with van der Waals surface area (Å²) in [4.78, 5) is 53.7. The molecule has 48 heavy (non-hydrogen) atoms. The molecule has 4 rings (SSSR count). The fraction of sp³-hybridized carbons (Fsp3) is 0.382. The van der Waals surface area contributed by atoms with Gasteiger partial charge in [-0.2, -0.15) is 13.2 Å². The molecule has 11 nitrogen and oxygen atoms in total. The van der Waals surface area contributed by atoms with E-state index in [1.54, 1.807) is 23.9 Å². The largest absolute Gasteiger partial charge is 0.497 e. The number of halogens is 3. The van der Waals surface area contributed by atoms with Crippen LogP contribution in [-0.4, -0.2) is 61.7 Å². The van der Waals surface area contributed by atoms with Crippen molar-refractivity contribution in [1.29, 1.82) is 0 Å². The first-order valence-corrected chi connectivity index (χ1v) is 15.3. The van der Waals surface area contributed by atoms with E-state index in [9.17, 15) is 32.7 Å². The molecule has 0 bridgehead atoms. The van der Waals surface area contributed by atoms with Gasteiger partial charge in [0.15, 0.2) is 0 Å². The fourth-order valence-electron chi connectivity index (χ4n) is 5.21. The van der Waals surface area contributed by atoms with E-state index < -0.39 is 18.1 Å². The number of methoxy groups -OCH3 is 1. The van der Waals surface area contributed by atoms with Gasteiger partial charge in [0.05, 0.1) is 31.5 Å². The molecule has 0 saturated heterocycles. The Labute approximate surface area is 275 Å². The minimum atomic E-state index is -5.08. The Morgan fingerprint density at radius 1 is 1.04 bits per heavy atom. The number of ketones is 1. The van der Waals surface area contributed by atoms with Gasteiger partial charge in [-0.1, -0.05) is 50.1 Å². The molecule has 258 valence electrons. The van der Waals surface area contributed by atoms with E-state index in [-0.39, 0.29) is 30.7 Å². The Morgan fingerprint density at radius 3 is 2.33 bits per heavy atom. The lowest BCUT2D eigenvalue weighted by Gasteiger charge is -2.17. The van der Waals surface area contributed by atoms with Crippen LogP contribution in [0.2, 0.25) is 0 Å². The molecule has 0 radical (unpaired) electrons. The van der Waals surface area contributed by atoms with Crippen LogP contribution in [0, 0.1) is 6.92 Å². The summed E-state index contributed by atoms with van der Waals surface area (Å²) in [6.45, 7) is 3.52. The molecule has 4 aromatic rings. The number of unbranched alkanes of at least 4 members (excludes halogenated alkanes) is 2. The maximum absolute atomic E-state index is 13.5. The molecule has 0 unspecified atom stereocenters. The quantitative estimate of drug-likeness (QED) is 0.106. The lowest BCUT2D eigenvalue weighted by atomic mass is 10.0. The third-order valence-corrected chi connectivity index (χ3v) is 7.72. The summed E-state index contributed by atoms with van der Waals surface area (Å²) in [5, 5.41) is 20.6. The van der Waals surface area contributed by atoms with Crippen molar-refractivity contribution >= 4 is 34.5 Å². The number of aliphatic carboxylic acids is 2. The summed E-state index contributed by atoms with van der Waals surface area (Å²) in [5.41, 5.74) is 4.11. The van der Waals surface area contributed by atoms with Gasteiger partial charge in [0.1, 0.15) is 23.9 Å². The lowest BCUT2D eigenvalue weighted by Crippen LogP contribution is -2.30. The van der Waals surface area contributed by atoms with Crippen molar-refractivity contribution in [1.82, 2.24) is 19.9 Å². The Balaban J connectivity index is 0.000000804. The number of carboxylic acids is 2. The van der Waals surface area contributed by atoms with Crippen LogP contribution in [0.1, 0.15) is 68.6 Å². The summed E-state index contributed by atoms with van der Waals surface area (Å²) >= 11 is 0. The van der Waals surface area contributed by atoms with Crippen molar-refractivity contribution in [2.24, 2.45) is 0 Å². The van der Waals surface area contributed by atoms with Gasteiger partial charge in [-0.15, -0.1) is 0 Å². The first kappa shape index (κ1) is 37.3. The average Bonchev–Trinajstić information content (AvgIpc) is 3.64. The van der Waals surface area contributed by atoms with Gasteiger partial charge < -0.3 is 29.8 Å². The Hall–Kier alpha value is -5.14. The van der Waals surface area contributed by atoms with Crippen LogP contribution < -0.4 is 10.1 Å². The Bertz CT molecular complexity index is 1710. The summed E-state index contributed by atoms with van der Waals surface area (Å²) in [6.07, 6.45) is 1.11. The Kier molecular flexibility index (Phi) is 13.3. The van der Waals surface area contributed by atoms with E-state index in [0.717, 1.165) is 52.7 Å². The van der Waals surface area contributed by atoms with Gasteiger partial charge in [-0.05, 0) is 49.1 Å². The van der Waals surface area contributed by atoms with Crippen molar-refractivity contribution in [2.75, 3.05) is 7.11 Å². The number of nitrogens with one attached hydrogen (secondary N) is 2. The maximum Gasteiger partial charge on any atom is 0.490 e. The van der Waals surface area contributed by atoms with Crippen molar-refractivity contribution in [2.45, 2.75) is 77.6 Å². The maximum atomic E-state index is 13.5. The van der Waals surface area contributed by atoms with Gasteiger partial charge in [0.2, 0.25) is 5.91 Å². The number of hydrogen-bond donors (Lipinski definition) is 4. The number of imidazole rings is 1. The molecule has 0 fully saturated rings. The number of hydrogen-bond acceptors (Lipinski definition) is 6. The zero-order valence-corrected chi connectivity index (χ0v) is 26.9. The van der Waals surface area contributed by atoms with Gasteiger partial charge >= 0.3 is 18.1 Å². The molecular formula is C34H39F3N4O7. The lowest BCUT2D eigenvalue weighted by molar-refractivity contribution is -0.192. The zero-order chi connectivity index (χ0) is 35.4. The van der Waals surface area contributed by atoms with Crippen molar-refractivity contribution in [3.05, 3.63) is 71.8 Å². The van der Waals surface area contributed by atoms with E-state index in [2.05, 4.69) is 15.3 Å². The van der Waals surface area contributed by atoms with Crippen LogP contribution in [0.5, 0.6) is 5.75 Å². The van der Waals surface area contributed by atoms with Crippen LogP contribution in [0.4, 0.5) is 13.2 Å². The van der Waals surface area contributed by atoms with E-state index in [4.69, 9.17) is 14.6 Å². The molecule has 0 aliphatic rings. The molecule has 1 atom stereocenters. The summed E-state index contributed by atoms with van der Waals surface area (Å²) in [5.74, 6) is -2.32. The number of aromatic nitrogens is 3. The smallest absolute Gasteiger partial charge is 0.490 e. The second-order valence-corrected chi connectivity index (χ2v) is 11.1. The van der Waals surface area contributed by atoms with Crippen molar-refractivity contribution < 1.29 is 47.3 Å². The highest BCUT2D eigenvalue weighted by Gasteiger charge is 2.38. The molecule has 2 aromatic heterocycles. The number of nitrogens with zero attached hydrogens (tertiary/aromatic N) is 2. The van der Waals surface area contributed by atoms with Crippen molar-refractivity contribution in [3.8, 4) is 17.0 Å². The van der Waals surface area contributed by atoms with Gasteiger partial charge in [-0.3, -0.25) is 14.4 Å². The molecule has 0 aliphatic heterocycles. The number of ether oxygens (including phenoxy) is 1. The third-order valence-electron chi connectivity index (χ3n) is 7.72. The number of alkyl halides is 3. The second kappa shape index (κ2) is 17.1. The molecule has 0 saturated carbocycles. The molecule has 4 N–H and O–H groups in total. The number of amides is 1. The topological polar surface area (TPSA) is 164 Å². The molecule has 14 heteroatoms. The number of rotatable bonds is 15. The third kappa shape index (κ3) is 10.4.